The normalized spacial score (nSPS) is 12.9. The Labute approximate surface area is 173 Å². The molecule has 3 N–H and O–H groups in total. The van der Waals surface area contributed by atoms with E-state index in [9.17, 15) is 35.9 Å². The van der Waals surface area contributed by atoms with E-state index in [2.05, 4.69) is 5.32 Å². The van der Waals surface area contributed by atoms with Crippen molar-refractivity contribution in [1.29, 1.82) is 0 Å². The molecule has 5 nitrogen and oxygen atoms in total. The predicted molar refractivity (Wildman–Crippen MR) is 98.0 cm³/mol. The maximum absolute atomic E-state index is 13.0. The lowest BCUT2D eigenvalue weighted by Gasteiger charge is -2.17. The van der Waals surface area contributed by atoms with Crippen molar-refractivity contribution >= 4 is 11.8 Å². The first-order valence-electron chi connectivity index (χ1n) is 8.79. The quantitative estimate of drug-likeness (QED) is 0.637. The molecule has 2 aromatic carbocycles. The fraction of sp³-hybridized carbons (Fsp3) is 0.300. The van der Waals surface area contributed by atoms with Crippen molar-refractivity contribution in [2.75, 3.05) is 7.11 Å². The zero-order valence-electron chi connectivity index (χ0n) is 16.1. The Morgan fingerprint density at radius 1 is 0.968 bits per heavy atom. The maximum atomic E-state index is 13.0. The van der Waals surface area contributed by atoms with Crippen molar-refractivity contribution in [1.82, 2.24) is 5.32 Å². The average Bonchev–Trinajstić information content (AvgIpc) is 2.66. The highest BCUT2D eigenvalue weighted by molar-refractivity contribution is 5.87. The van der Waals surface area contributed by atoms with Gasteiger partial charge in [0.2, 0.25) is 11.8 Å². The second-order valence-corrected chi connectivity index (χ2v) is 6.67. The Kier molecular flexibility index (Phi) is 7.19. The van der Waals surface area contributed by atoms with Crippen LogP contribution in [0.5, 0.6) is 5.75 Å². The van der Waals surface area contributed by atoms with E-state index in [1.54, 1.807) is 24.3 Å². The fourth-order valence-corrected chi connectivity index (χ4v) is 2.81. The monoisotopic (exact) mass is 448 g/mol. The second kappa shape index (κ2) is 9.27. The van der Waals surface area contributed by atoms with E-state index < -0.39 is 53.3 Å². The van der Waals surface area contributed by atoms with Crippen LogP contribution in [0.1, 0.15) is 22.3 Å². The summed E-state index contributed by atoms with van der Waals surface area (Å²) in [5.41, 5.74) is 2.27. The minimum absolute atomic E-state index is 0.0313. The Morgan fingerprint density at radius 3 is 2.03 bits per heavy atom. The molecule has 0 aliphatic carbocycles. The number of hydrogen-bond acceptors (Lipinski definition) is 3. The van der Waals surface area contributed by atoms with Crippen LogP contribution in [0.25, 0.3) is 0 Å². The first-order chi connectivity index (χ1) is 14.3. The molecular formula is C20H18F6N2O3. The van der Waals surface area contributed by atoms with E-state index in [4.69, 9.17) is 10.5 Å². The zero-order chi connectivity index (χ0) is 23.4. The van der Waals surface area contributed by atoms with E-state index in [1.807, 2.05) is 0 Å². The Bertz CT molecular complexity index is 924. The fourth-order valence-electron chi connectivity index (χ4n) is 2.81. The van der Waals surface area contributed by atoms with Crippen LogP contribution in [0.4, 0.5) is 26.3 Å². The summed E-state index contributed by atoms with van der Waals surface area (Å²) in [6.45, 7) is 0. The highest BCUT2D eigenvalue weighted by atomic mass is 19.4. The molecule has 0 heterocycles. The number of methoxy groups -OCH3 is 1. The number of nitrogens with two attached hydrogens (primary N) is 1. The van der Waals surface area contributed by atoms with Gasteiger partial charge in [0.05, 0.1) is 24.7 Å². The van der Waals surface area contributed by atoms with Crippen LogP contribution in [0.2, 0.25) is 0 Å². The topological polar surface area (TPSA) is 81.4 Å². The number of amides is 2. The van der Waals surface area contributed by atoms with Gasteiger partial charge in [0.1, 0.15) is 11.8 Å². The molecule has 0 fully saturated rings. The van der Waals surface area contributed by atoms with Gasteiger partial charge in [-0.3, -0.25) is 9.59 Å². The Morgan fingerprint density at radius 2 is 1.55 bits per heavy atom. The summed E-state index contributed by atoms with van der Waals surface area (Å²) in [4.78, 5) is 24.0. The number of nitrogens with one attached hydrogen (secondary N) is 1. The molecule has 0 aromatic heterocycles. The van der Waals surface area contributed by atoms with Crippen LogP contribution in [0.3, 0.4) is 0 Å². The number of benzene rings is 2. The van der Waals surface area contributed by atoms with E-state index in [0.717, 1.165) is 0 Å². The number of alkyl halides is 6. The van der Waals surface area contributed by atoms with Gasteiger partial charge in [-0.1, -0.05) is 12.1 Å². The molecule has 0 saturated carbocycles. The molecule has 168 valence electrons. The van der Waals surface area contributed by atoms with Crippen LogP contribution in [0.15, 0.2) is 42.5 Å². The summed E-state index contributed by atoms with van der Waals surface area (Å²) in [5, 5.41) is 2.25. The molecule has 1 atom stereocenters. The standard InChI is InChI=1S/C20H18F6N2O3/c1-31-15-4-2-3-11(7-15)8-16(18(27)30)28-17(29)9-12-5-13(19(21,22)23)10-14(6-12)20(24,25)26/h2-7,10,16H,8-9H2,1H3,(H2,27,30)(H,28,29)/t16-/m0/s1. The number of carbonyl (C=O) groups is 2. The summed E-state index contributed by atoms with van der Waals surface area (Å²) in [7, 11) is 1.43. The third-order valence-corrected chi connectivity index (χ3v) is 4.26. The highest BCUT2D eigenvalue weighted by Crippen LogP contribution is 2.36. The summed E-state index contributed by atoms with van der Waals surface area (Å²) >= 11 is 0. The summed E-state index contributed by atoms with van der Waals surface area (Å²) in [6.07, 6.45) is -10.9. The van der Waals surface area contributed by atoms with Crippen LogP contribution >= 0.6 is 0 Å². The molecule has 2 rings (SSSR count). The number of rotatable bonds is 7. The van der Waals surface area contributed by atoms with Crippen molar-refractivity contribution in [2.45, 2.75) is 31.2 Å². The molecule has 2 amide bonds. The predicted octanol–water partition coefficient (Wildman–Crippen LogP) is 3.49. The van der Waals surface area contributed by atoms with Gasteiger partial charge < -0.3 is 15.8 Å². The van der Waals surface area contributed by atoms with Crippen molar-refractivity contribution < 1.29 is 40.7 Å². The molecule has 0 radical (unpaired) electrons. The molecule has 0 aliphatic heterocycles. The maximum Gasteiger partial charge on any atom is 0.416 e. The zero-order valence-corrected chi connectivity index (χ0v) is 16.1. The first-order valence-corrected chi connectivity index (χ1v) is 8.79. The van der Waals surface area contributed by atoms with Gasteiger partial charge in [0.15, 0.2) is 0 Å². The largest absolute Gasteiger partial charge is 0.497 e. The Balaban J connectivity index is 2.21. The number of halogens is 6. The number of ether oxygens (including phenoxy) is 1. The van der Waals surface area contributed by atoms with Crippen LogP contribution < -0.4 is 15.8 Å². The van der Waals surface area contributed by atoms with E-state index in [1.165, 1.54) is 7.11 Å². The molecule has 11 heteroatoms. The van der Waals surface area contributed by atoms with E-state index >= 15 is 0 Å². The minimum atomic E-state index is -5.03. The van der Waals surface area contributed by atoms with Gasteiger partial charge in [-0.2, -0.15) is 26.3 Å². The molecule has 0 bridgehead atoms. The van der Waals surface area contributed by atoms with Crippen molar-refractivity contribution in [3.63, 3.8) is 0 Å². The third kappa shape index (κ3) is 6.90. The number of primary amides is 1. The number of hydrogen-bond donors (Lipinski definition) is 2. The highest BCUT2D eigenvalue weighted by Gasteiger charge is 2.37. The minimum Gasteiger partial charge on any atom is -0.497 e. The van der Waals surface area contributed by atoms with Crippen molar-refractivity contribution in [3.05, 3.63) is 64.7 Å². The van der Waals surface area contributed by atoms with E-state index in [-0.39, 0.29) is 12.5 Å². The summed E-state index contributed by atoms with van der Waals surface area (Å²) in [5.74, 6) is -1.40. The van der Waals surface area contributed by atoms with Gasteiger partial charge in [0.25, 0.3) is 0 Å². The molecular weight excluding hydrogens is 430 g/mol. The number of carbonyl (C=O) groups excluding carboxylic acids is 2. The van der Waals surface area contributed by atoms with Gasteiger partial charge in [-0.25, -0.2) is 0 Å². The SMILES string of the molecule is COc1cccc(C[C@H](NC(=O)Cc2cc(C(F)(F)F)cc(C(F)(F)F)c2)C(N)=O)c1. The molecule has 31 heavy (non-hydrogen) atoms. The van der Waals surface area contributed by atoms with E-state index in [0.29, 0.717) is 23.4 Å². The lowest BCUT2D eigenvalue weighted by Crippen LogP contribution is -2.46. The summed E-state index contributed by atoms with van der Waals surface area (Å²) < 4.78 is 82.8. The van der Waals surface area contributed by atoms with Crippen molar-refractivity contribution in [3.8, 4) is 5.75 Å². The van der Waals surface area contributed by atoms with Gasteiger partial charge in [-0.15, -0.1) is 0 Å². The average molecular weight is 448 g/mol. The van der Waals surface area contributed by atoms with Gasteiger partial charge in [0, 0.05) is 6.42 Å². The van der Waals surface area contributed by atoms with Crippen molar-refractivity contribution in [2.24, 2.45) is 5.73 Å². The molecule has 0 unspecified atom stereocenters. The molecule has 0 spiro atoms. The Hall–Kier alpha value is -3.24. The molecule has 0 saturated heterocycles. The smallest absolute Gasteiger partial charge is 0.416 e. The van der Waals surface area contributed by atoms with Crippen LogP contribution in [0, 0.1) is 0 Å². The van der Waals surface area contributed by atoms with Gasteiger partial charge >= 0.3 is 12.4 Å². The third-order valence-electron chi connectivity index (χ3n) is 4.26. The van der Waals surface area contributed by atoms with Gasteiger partial charge in [-0.05, 0) is 41.5 Å². The molecule has 0 aliphatic rings. The van der Waals surface area contributed by atoms with Crippen LogP contribution in [-0.4, -0.2) is 25.0 Å². The lowest BCUT2D eigenvalue weighted by molar-refractivity contribution is -0.143. The lowest BCUT2D eigenvalue weighted by atomic mass is 10.0. The first kappa shape index (κ1) is 24.0. The second-order valence-electron chi connectivity index (χ2n) is 6.67. The molecule has 2 aromatic rings. The summed E-state index contributed by atoms with van der Waals surface area (Å²) in [6, 6.07) is 6.15. The van der Waals surface area contributed by atoms with Crippen LogP contribution in [-0.2, 0) is 34.8 Å².